The van der Waals surface area contributed by atoms with Crippen LogP contribution in [0, 0.1) is 5.92 Å². The lowest BCUT2D eigenvalue weighted by molar-refractivity contribution is 0.491. The largest absolute Gasteiger partial charge is 0.367 e. The lowest BCUT2D eigenvalue weighted by Crippen LogP contribution is -2.33. The number of hydrogen-bond donors (Lipinski definition) is 1. The van der Waals surface area contributed by atoms with Gasteiger partial charge in [0.15, 0.2) is 0 Å². The van der Waals surface area contributed by atoms with E-state index in [2.05, 4.69) is 35.9 Å². The molecule has 0 aliphatic carbocycles. The van der Waals surface area contributed by atoms with E-state index in [9.17, 15) is 0 Å². The number of rotatable bonds is 3. The van der Waals surface area contributed by atoms with Crippen LogP contribution in [0.5, 0.6) is 0 Å². The van der Waals surface area contributed by atoms with Crippen LogP contribution in [0.2, 0.25) is 0 Å². The molecule has 94 valence electrons. The fourth-order valence-electron chi connectivity index (χ4n) is 2.64. The molecule has 2 N–H and O–H groups in total. The molecule has 2 atom stereocenters. The van der Waals surface area contributed by atoms with Crippen LogP contribution in [-0.4, -0.2) is 17.6 Å². The highest BCUT2D eigenvalue weighted by Crippen LogP contribution is 2.29. The van der Waals surface area contributed by atoms with Crippen molar-refractivity contribution in [3.8, 4) is 0 Å². The summed E-state index contributed by atoms with van der Waals surface area (Å²) in [5.41, 5.74) is 8.02. The maximum atomic E-state index is 5.82. The molecule has 1 saturated heterocycles. The predicted molar refractivity (Wildman–Crippen MR) is 72.0 cm³/mol. The van der Waals surface area contributed by atoms with Gasteiger partial charge in [0.05, 0.1) is 17.6 Å². The van der Waals surface area contributed by atoms with Gasteiger partial charge in [-0.3, -0.25) is 4.98 Å². The number of pyridine rings is 1. The smallest absolute Gasteiger partial charge is 0.0569 e. The third-order valence-electron chi connectivity index (χ3n) is 3.64. The van der Waals surface area contributed by atoms with Gasteiger partial charge in [-0.25, -0.2) is 0 Å². The van der Waals surface area contributed by atoms with Crippen molar-refractivity contribution in [2.24, 2.45) is 11.7 Å². The lowest BCUT2D eigenvalue weighted by atomic mass is 10.0. The van der Waals surface area contributed by atoms with E-state index in [-0.39, 0.29) is 6.04 Å². The Morgan fingerprint density at radius 2 is 2.12 bits per heavy atom. The summed E-state index contributed by atoms with van der Waals surface area (Å²) >= 11 is 0. The van der Waals surface area contributed by atoms with Crippen LogP contribution in [0.1, 0.15) is 45.3 Å². The number of anilines is 1. The van der Waals surface area contributed by atoms with Gasteiger partial charge in [-0.1, -0.05) is 13.8 Å². The Hall–Kier alpha value is -1.09. The van der Waals surface area contributed by atoms with Gasteiger partial charge in [0.1, 0.15) is 0 Å². The van der Waals surface area contributed by atoms with E-state index in [0.717, 1.165) is 12.2 Å². The van der Waals surface area contributed by atoms with Crippen LogP contribution in [0.4, 0.5) is 5.69 Å². The Morgan fingerprint density at radius 1 is 1.35 bits per heavy atom. The maximum absolute atomic E-state index is 5.82. The molecule has 1 aromatic heterocycles. The van der Waals surface area contributed by atoms with Crippen LogP contribution in [0.25, 0.3) is 0 Å². The number of hydrogen-bond acceptors (Lipinski definition) is 3. The van der Waals surface area contributed by atoms with Gasteiger partial charge in [-0.15, -0.1) is 0 Å². The number of aromatic nitrogens is 1. The molecule has 0 aromatic carbocycles. The van der Waals surface area contributed by atoms with Crippen molar-refractivity contribution in [1.82, 2.24) is 4.98 Å². The second-order valence-corrected chi connectivity index (χ2v) is 5.38. The molecule has 0 bridgehead atoms. The first-order valence-electron chi connectivity index (χ1n) is 6.57. The highest BCUT2D eigenvalue weighted by Gasteiger charge is 2.27. The zero-order valence-electron chi connectivity index (χ0n) is 11.1. The number of nitrogens with two attached hydrogens (primary N) is 1. The molecule has 2 heterocycles. The lowest BCUT2D eigenvalue weighted by Gasteiger charge is -2.29. The molecule has 1 fully saturated rings. The third kappa shape index (κ3) is 2.60. The quantitative estimate of drug-likeness (QED) is 0.873. The SMILES string of the molecule is CC(N)c1ccc(N2CCCC2C(C)C)cn1. The molecular weight excluding hydrogens is 210 g/mol. The van der Waals surface area contributed by atoms with Crippen LogP contribution < -0.4 is 10.6 Å². The highest BCUT2D eigenvalue weighted by atomic mass is 15.2. The molecule has 2 rings (SSSR count). The number of nitrogens with zero attached hydrogens (tertiary/aromatic N) is 2. The average molecular weight is 233 g/mol. The molecule has 0 radical (unpaired) electrons. The standard InChI is InChI=1S/C14H23N3/c1-10(2)14-5-4-8-17(14)12-6-7-13(11(3)15)16-9-12/h6-7,9-11,14H,4-5,8,15H2,1-3H3. The fourth-order valence-corrected chi connectivity index (χ4v) is 2.64. The van der Waals surface area contributed by atoms with Gasteiger partial charge >= 0.3 is 0 Å². The highest BCUT2D eigenvalue weighted by molar-refractivity contribution is 5.47. The van der Waals surface area contributed by atoms with E-state index in [0.29, 0.717) is 12.0 Å². The monoisotopic (exact) mass is 233 g/mol. The summed E-state index contributed by atoms with van der Waals surface area (Å²) in [5, 5.41) is 0. The molecule has 0 saturated carbocycles. The summed E-state index contributed by atoms with van der Waals surface area (Å²) < 4.78 is 0. The van der Waals surface area contributed by atoms with Crippen LogP contribution >= 0.6 is 0 Å². The molecule has 0 spiro atoms. The normalized spacial score (nSPS) is 22.2. The summed E-state index contributed by atoms with van der Waals surface area (Å²) in [6.07, 6.45) is 4.56. The van der Waals surface area contributed by atoms with Crippen molar-refractivity contribution in [2.45, 2.75) is 45.7 Å². The summed E-state index contributed by atoms with van der Waals surface area (Å²) in [4.78, 5) is 6.94. The van der Waals surface area contributed by atoms with Gasteiger partial charge < -0.3 is 10.6 Å². The molecular formula is C14H23N3. The van der Waals surface area contributed by atoms with E-state index >= 15 is 0 Å². The Bertz CT molecular complexity index is 356. The molecule has 1 aromatic rings. The maximum Gasteiger partial charge on any atom is 0.0569 e. The Labute approximate surface area is 104 Å². The van der Waals surface area contributed by atoms with Gasteiger partial charge in [-0.2, -0.15) is 0 Å². The minimum atomic E-state index is 0.0172. The third-order valence-corrected chi connectivity index (χ3v) is 3.64. The topological polar surface area (TPSA) is 42.1 Å². The molecule has 17 heavy (non-hydrogen) atoms. The summed E-state index contributed by atoms with van der Waals surface area (Å²) in [5.74, 6) is 0.700. The summed E-state index contributed by atoms with van der Waals surface area (Å²) in [6.45, 7) is 7.72. The van der Waals surface area contributed by atoms with E-state index in [1.807, 2.05) is 13.1 Å². The summed E-state index contributed by atoms with van der Waals surface area (Å²) in [6, 6.07) is 4.89. The van der Waals surface area contributed by atoms with Crippen LogP contribution in [0.15, 0.2) is 18.3 Å². The molecule has 2 unspecified atom stereocenters. The van der Waals surface area contributed by atoms with Gasteiger partial charge in [0, 0.05) is 18.6 Å². The molecule has 1 aliphatic rings. The van der Waals surface area contributed by atoms with E-state index in [4.69, 9.17) is 5.73 Å². The van der Waals surface area contributed by atoms with Crippen LogP contribution in [0.3, 0.4) is 0 Å². The van der Waals surface area contributed by atoms with E-state index in [1.165, 1.54) is 18.5 Å². The fraction of sp³-hybridized carbons (Fsp3) is 0.643. The van der Waals surface area contributed by atoms with Crippen molar-refractivity contribution >= 4 is 5.69 Å². The van der Waals surface area contributed by atoms with Crippen molar-refractivity contribution in [2.75, 3.05) is 11.4 Å². The van der Waals surface area contributed by atoms with Gasteiger partial charge in [0.2, 0.25) is 0 Å². The first-order valence-corrected chi connectivity index (χ1v) is 6.57. The van der Waals surface area contributed by atoms with Gasteiger partial charge in [0.25, 0.3) is 0 Å². The minimum Gasteiger partial charge on any atom is -0.367 e. The second kappa shape index (κ2) is 5.05. The van der Waals surface area contributed by atoms with Crippen molar-refractivity contribution in [3.05, 3.63) is 24.0 Å². The first kappa shape index (κ1) is 12.4. The van der Waals surface area contributed by atoms with Crippen molar-refractivity contribution in [1.29, 1.82) is 0 Å². The van der Waals surface area contributed by atoms with Crippen LogP contribution in [-0.2, 0) is 0 Å². The Morgan fingerprint density at radius 3 is 2.65 bits per heavy atom. The predicted octanol–water partition coefficient (Wildman–Crippen LogP) is 2.73. The minimum absolute atomic E-state index is 0.0172. The van der Waals surface area contributed by atoms with Crippen molar-refractivity contribution in [3.63, 3.8) is 0 Å². The second-order valence-electron chi connectivity index (χ2n) is 5.38. The first-order chi connectivity index (χ1) is 8.09. The van der Waals surface area contributed by atoms with E-state index in [1.54, 1.807) is 0 Å². The summed E-state index contributed by atoms with van der Waals surface area (Å²) in [7, 11) is 0. The molecule has 3 nitrogen and oxygen atoms in total. The molecule has 3 heteroatoms. The van der Waals surface area contributed by atoms with Crippen molar-refractivity contribution < 1.29 is 0 Å². The molecule has 1 aliphatic heterocycles. The van der Waals surface area contributed by atoms with Gasteiger partial charge in [-0.05, 0) is 37.8 Å². The molecule has 0 amide bonds. The zero-order valence-corrected chi connectivity index (χ0v) is 11.1. The zero-order chi connectivity index (χ0) is 12.4. The Balaban J connectivity index is 2.16. The average Bonchev–Trinajstić information content (AvgIpc) is 2.78. The van der Waals surface area contributed by atoms with E-state index < -0.39 is 0 Å². The Kier molecular flexibility index (Phi) is 3.67.